The van der Waals surface area contributed by atoms with Crippen molar-refractivity contribution < 1.29 is 0 Å². The zero-order valence-electron chi connectivity index (χ0n) is 8.63. The first-order valence-electron chi connectivity index (χ1n) is 4.75. The Balaban J connectivity index is 2.35. The maximum Gasteiger partial charge on any atom is 0.107 e. The van der Waals surface area contributed by atoms with Gasteiger partial charge in [0, 0.05) is 22.5 Å². The third-order valence-electron chi connectivity index (χ3n) is 2.09. The van der Waals surface area contributed by atoms with Crippen molar-refractivity contribution in [2.24, 2.45) is 0 Å². The first-order valence-corrected chi connectivity index (χ1v) is 6.38. The van der Waals surface area contributed by atoms with Gasteiger partial charge < -0.3 is 5.32 Å². The SMILES string of the molecule is CNCc1nc(-c2ccc(Cl)cc2Cl)cs1. The molecule has 2 rings (SSSR count). The van der Waals surface area contributed by atoms with Crippen LogP contribution in [0.4, 0.5) is 0 Å². The van der Waals surface area contributed by atoms with Gasteiger partial charge in [-0.3, -0.25) is 0 Å². The van der Waals surface area contributed by atoms with Crippen LogP contribution in [0, 0.1) is 0 Å². The van der Waals surface area contributed by atoms with Crippen LogP contribution < -0.4 is 5.32 Å². The maximum absolute atomic E-state index is 6.11. The van der Waals surface area contributed by atoms with Crippen LogP contribution in [0.5, 0.6) is 0 Å². The molecule has 0 amide bonds. The van der Waals surface area contributed by atoms with Gasteiger partial charge in [-0.15, -0.1) is 11.3 Å². The van der Waals surface area contributed by atoms with Gasteiger partial charge in [0.1, 0.15) is 5.01 Å². The highest BCUT2D eigenvalue weighted by molar-refractivity contribution is 7.09. The number of benzene rings is 1. The number of hydrogen-bond donors (Lipinski definition) is 1. The van der Waals surface area contributed by atoms with E-state index in [9.17, 15) is 0 Å². The summed E-state index contributed by atoms with van der Waals surface area (Å²) in [7, 11) is 1.90. The Hall–Kier alpha value is -0.610. The summed E-state index contributed by atoms with van der Waals surface area (Å²) in [6.45, 7) is 0.774. The third-order valence-corrected chi connectivity index (χ3v) is 3.48. The lowest BCUT2D eigenvalue weighted by Crippen LogP contribution is -2.04. The van der Waals surface area contributed by atoms with Crippen molar-refractivity contribution in [2.75, 3.05) is 7.05 Å². The Kier molecular flexibility index (Phi) is 3.82. The molecule has 1 aromatic heterocycles. The Labute approximate surface area is 108 Å². The van der Waals surface area contributed by atoms with Crippen molar-refractivity contribution in [3.8, 4) is 11.3 Å². The highest BCUT2D eigenvalue weighted by atomic mass is 35.5. The molecule has 2 aromatic rings. The van der Waals surface area contributed by atoms with Gasteiger partial charge in [0.15, 0.2) is 0 Å². The first kappa shape index (κ1) is 11.9. The number of nitrogens with one attached hydrogen (secondary N) is 1. The van der Waals surface area contributed by atoms with Crippen molar-refractivity contribution in [3.05, 3.63) is 38.6 Å². The molecule has 5 heteroatoms. The van der Waals surface area contributed by atoms with Crippen molar-refractivity contribution in [2.45, 2.75) is 6.54 Å². The highest BCUT2D eigenvalue weighted by Gasteiger charge is 2.08. The molecule has 0 fully saturated rings. The molecule has 0 unspecified atom stereocenters. The number of aromatic nitrogens is 1. The summed E-state index contributed by atoms with van der Waals surface area (Å²) in [4.78, 5) is 4.49. The van der Waals surface area contributed by atoms with E-state index in [-0.39, 0.29) is 0 Å². The molecule has 0 spiro atoms. The molecule has 1 N–H and O–H groups in total. The number of hydrogen-bond acceptors (Lipinski definition) is 3. The Bertz CT molecular complexity index is 496. The van der Waals surface area contributed by atoms with Crippen LogP contribution in [0.1, 0.15) is 5.01 Å². The van der Waals surface area contributed by atoms with Gasteiger partial charge in [-0.25, -0.2) is 4.98 Å². The van der Waals surface area contributed by atoms with Crippen LogP contribution in [0.15, 0.2) is 23.6 Å². The summed E-state index contributed by atoms with van der Waals surface area (Å²) < 4.78 is 0. The molecule has 0 aliphatic carbocycles. The van der Waals surface area contributed by atoms with Crippen LogP contribution in [0.2, 0.25) is 10.0 Å². The lowest BCUT2D eigenvalue weighted by atomic mass is 10.2. The van der Waals surface area contributed by atoms with Crippen LogP contribution >= 0.6 is 34.5 Å². The zero-order chi connectivity index (χ0) is 11.5. The van der Waals surface area contributed by atoms with Gasteiger partial charge in [-0.1, -0.05) is 23.2 Å². The second-order valence-corrected chi connectivity index (χ2v) is 5.07. The van der Waals surface area contributed by atoms with Crippen molar-refractivity contribution in [3.63, 3.8) is 0 Å². The molecule has 0 radical (unpaired) electrons. The Morgan fingerprint density at radius 1 is 1.38 bits per heavy atom. The molecule has 0 saturated carbocycles. The largest absolute Gasteiger partial charge is 0.314 e. The third kappa shape index (κ3) is 2.55. The van der Waals surface area contributed by atoms with Gasteiger partial charge in [-0.2, -0.15) is 0 Å². The number of rotatable bonds is 3. The minimum atomic E-state index is 0.633. The van der Waals surface area contributed by atoms with E-state index in [0.717, 1.165) is 22.8 Å². The second kappa shape index (κ2) is 5.15. The van der Waals surface area contributed by atoms with Gasteiger partial charge in [-0.05, 0) is 25.2 Å². The molecule has 16 heavy (non-hydrogen) atoms. The Morgan fingerprint density at radius 3 is 2.88 bits per heavy atom. The minimum Gasteiger partial charge on any atom is -0.314 e. The van der Waals surface area contributed by atoms with E-state index >= 15 is 0 Å². The van der Waals surface area contributed by atoms with Crippen molar-refractivity contribution in [1.82, 2.24) is 10.3 Å². The molecule has 0 bridgehead atoms. The number of halogens is 2. The lowest BCUT2D eigenvalue weighted by Gasteiger charge is -2.00. The molecule has 1 aromatic carbocycles. The molecule has 0 saturated heterocycles. The number of nitrogens with zero attached hydrogens (tertiary/aromatic N) is 1. The van der Waals surface area contributed by atoms with Gasteiger partial charge in [0.2, 0.25) is 0 Å². The fourth-order valence-corrected chi connectivity index (χ4v) is 2.68. The van der Waals surface area contributed by atoms with E-state index in [1.54, 1.807) is 17.4 Å². The fourth-order valence-electron chi connectivity index (χ4n) is 1.36. The van der Waals surface area contributed by atoms with Gasteiger partial charge in [0.25, 0.3) is 0 Å². The summed E-state index contributed by atoms with van der Waals surface area (Å²) in [6.07, 6.45) is 0. The molecule has 0 aliphatic heterocycles. The average Bonchev–Trinajstić information content (AvgIpc) is 2.67. The predicted octanol–water partition coefficient (Wildman–Crippen LogP) is 3.84. The van der Waals surface area contributed by atoms with E-state index < -0.39 is 0 Å². The van der Waals surface area contributed by atoms with Crippen LogP contribution in [-0.4, -0.2) is 12.0 Å². The first-order chi connectivity index (χ1) is 7.70. The van der Waals surface area contributed by atoms with Crippen molar-refractivity contribution >= 4 is 34.5 Å². The van der Waals surface area contributed by atoms with Crippen LogP contribution in [0.25, 0.3) is 11.3 Å². The summed E-state index contributed by atoms with van der Waals surface area (Å²) in [5.74, 6) is 0. The summed E-state index contributed by atoms with van der Waals surface area (Å²) in [5.41, 5.74) is 1.82. The van der Waals surface area contributed by atoms with Gasteiger partial charge in [0.05, 0.1) is 10.7 Å². The number of thiazole rings is 1. The normalized spacial score (nSPS) is 10.7. The molecular weight excluding hydrogens is 263 g/mol. The standard InChI is InChI=1S/C11H10Cl2N2S/c1-14-5-11-15-10(6-16-11)8-3-2-7(12)4-9(8)13/h2-4,6,14H,5H2,1H3. The van der Waals surface area contributed by atoms with Crippen LogP contribution in [0.3, 0.4) is 0 Å². The minimum absolute atomic E-state index is 0.633. The molecular formula is C11H10Cl2N2S. The smallest absolute Gasteiger partial charge is 0.107 e. The molecule has 84 valence electrons. The maximum atomic E-state index is 6.11. The van der Waals surface area contributed by atoms with Crippen LogP contribution in [-0.2, 0) is 6.54 Å². The van der Waals surface area contributed by atoms with E-state index in [0.29, 0.717) is 10.0 Å². The second-order valence-electron chi connectivity index (χ2n) is 3.28. The summed E-state index contributed by atoms with van der Waals surface area (Å²) >= 11 is 13.6. The zero-order valence-corrected chi connectivity index (χ0v) is 11.0. The molecule has 0 atom stereocenters. The van der Waals surface area contributed by atoms with E-state index in [1.165, 1.54) is 0 Å². The van der Waals surface area contributed by atoms with E-state index in [2.05, 4.69) is 10.3 Å². The topological polar surface area (TPSA) is 24.9 Å². The monoisotopic (exact) mass is 272 g/mol. The fraction of sp³-hybridized carbons (Fsp3) is 0.182. The predicted molar refractivity (Wildman–Crippen MR) is 70.3 cm³/mol. The molecule has 0 aliphatic rings. The Morgan fingerprint density at radius 2 is 2.19 bits per heavy atom. The highest BCUT2D eigenvalue weighted by Crippen LogP contribution is 2.30. The molecule has 1 heterocycles. The summed E-state index contributed by atoms with van der Waals surface area (Å²) in [6, 6.07) is 5.44. The summed E-state index contributed by atoms with van der Waals surface area (Å²) in [5, 5.41) is 7.38. The van der Waals surface area contributed by atoms with E-state index in [4.69, 9.17) is 23.2 Å². The van der Waals surface area contributed by atoms with Crippen molar-refractivity contribution in [1.29, 1.82) is 0 Å². The quantitative estimate of drug-likeness (QED) is 0.919. The lowest BCUT2D eigenvalue weighted by molar-refractivity contribution is 0.811. The molecule has 2 nitrogen and oxygen atoms in total. The van der Waals surface area contributed by atoms with Gasteiger partial charge >= 0.3 is 0 Å². The average molecular weight is 273 g/mol. The van der Waals surface area contributed by atoms with E-state index in [1.807, 2.05) is 24.6 Å².